The molecule has 1 fully saturated rings. The predicted molar refractivity (Wildman–Crippen MR) is 112 cm³/mol. The summed E-state index contributed by atoms with van der Waals surface area (Å²) >= 11 is 0. The summed E-state index contributed by atoms with van der Waals surface area (Å²) < 4.78 is 5.21. The van der Waals surface area contributed by atoms with Crippen LogP contribution in [-0.2, 0) is 9.59 Å². The van der Waals surface area contributed by atoms with E-state index in [1.807, 2.05) is 0 Å². The largest absolute Gasteiger partial charge is 0.508 e. The van der Waals surface area contributed by atoms with E-state index in [0.29, 0.717) is 22.6 Å². The van der Waals surface area contributed by atoms with E-state index < -0.39 is 17.7 Å². The number of amides is 1. The van der Waals surface area contributed by atoms with Gasteiger partial charge >= 0.3 is 0 Å². The Bertz CT molecular complexity index is 1120. The summed E-state index contributed by atoms with van der Waals surface area (Å²) in [5.41, 5.74) is 1.52. The number of carbonyl (C=O) groups excluding carboxylic acids is 2. The smallest absolute Gasteiger partial charge is 0.300 e. The molecule has 0 saturated carbocycles. The molecule has 6 heteroatoms. The second-order valence-electron chi connectivity index (χ2n) is 6.82. The molecule has 1 heterocycles. The lowest BCUT2D eigenvalue weighted by Crippen LogP contribution is -2.29. The van der Waals surface area contributed by atoms with Crippen molar-refractivity contribution < 1.29 is 24.5 Å². The molecule has 2 N–H and O–H groups in total. The number of hydrogen-bond donors (Lipinski definition) is 2. The number of phenols is 1. The number of methoxy groups -OCH3 is 1. The summed E-state index contributed by atoms with van der Waals surface area (Å²) in [6, 6.07) is 20.8. The van der Waals surface area contributed by atoms with Gasteiger partial charge in [0, 0.05) is 11.3 Å². The van der Waals surface area contributed by atoms with Crippen LogP contribution in [0.2, 0.25) is 0 Å². The number of hydrogen-bond acceptors (Lipinski definition) is 5. The molecule has 4 rings (SSSR count). The Morgan fingerprint density at radius 1 is 0.900 bits per heavy atom. The van der Waals surface area contributed by atoms with Gasteiger partial charge in [-0.2, -0.15) is 0 Å². The molecule has 30 heavy (non-hydrogen) atoms. The van der Waals surface area contributed by atoms with Crippen molar-refractivity contribution in [1.29, 1.82) is 0 Å². The van der Waals surface area contributed by atoms with Gasteiger partial charge in [-0.05, 0) is 42.0 Å². The summed E-state index contributed by atoms with van der Waals surface area (Å²) in [5.74, 6) is -1.09. The fourth-order valence-electron chi connectivity index (χ4n) is 3.57. The first-order valence-electron chi connectivity index (χ1n) is 9.30. The number of nitrogens with zero attached hydrogens (tertiary/aromatic N) is 1. The Morgan fingerprint density at radius 3 is 2.13 bits per heavy atom. The van der Waals surface area contributed by atoms with Gasteiger partial charge in [0.1, 0.15) is 17.3 Å². The topological polar surface area (TPSA) is 87.1 Å². The van der Waals surface area contributed by atoms with Crippen molar-refractivity contribution in [3.05, 3.63) is 95.6 Å². The Kier molecular flexibility index (Phi) is 4.98. The van der Waals surface area contributed by atoms with Gasteiger partial charge in [0.05, 0.1) is 18.7 Å². The quantitative estimate of drug-likeness (QED) is 0.392. The van der Waals surface area contributed by atoms with E-state index in [9.17, 15) is 19.8 Å². The minimum Gasteiger partial charge on any atom is -0.508 e. The molecule has 3 aromatic rings. The lowest BCUT2D eigenvalue weighted by molar-refractivity contribution is -0.132. The van der Waals surface area contributed by atoms with Gasteiger partial charge in [0.2, 0.25) is 0 Å². The average molecular weight is 401 g/mol. The number of rotatable bonds is 4. The lowest BCUT2D eigenvalue weighted by Gasteiger charge is -2.25. The Balaban J connectivity index is 1.92. The van der Waals surface area contributed by atoms with E-state index in [-0.39, 0.29) is 17.1 Å². The third-order valence-corrected chi connectivity index (χ3v) is 5.05. The van der Waals surface area contributed by atoms with E-state index in [1.165, 1.54) is 17.0 Å². The van der Waals surface area contributed by atoms with Gasteiger partial charge in [-0.15, -0.1) is 0 Å². The van der Waals surface area contributed by atoms with Crippen LogP contribution in [0, 0.1) is 0 Å². The zero-order valence-corrected chi connectivity index (χ0v) is 16.1. The van der Waals surface area contributed by atoms with Gasteiger partial charge < -0.3 is 14.9 Å². The highest BCUT2D eigenvalue weighted by Gasteiger charge is 2.46. The molecule has 0 radical (unpaired) electrons. The first kappa shape index (κ1) is 19.3. The number of aliphatic hydroxyl groups is 1. The Labute approximate surface area is 173 Å². The highest BCUT2D eigenvalue weighted by Crippen LogP contribution is 2.42. The second-order valence-corrected chi connectivity index (χ2v) is 6.82. The van der Waals surface area contributed by atoms with E-state index in [1.54, 1.807) is 73.8 Å². The van der Waals surface area contributed by atoms with Crippen LogP contribution in [0.1, 0.15) is 17.2 Å². The molecular weight excluding hydrogens is 382 g/mol. The maximum Gasteiger partial charge on any atom is 0.300 e. The van der Waals surface area contributed by atoms with Crippen LogP contribution in [0.3, 0.4) is 0 Å². The normalized spacial score (nSPS) is 17.9. The van der Waals surface area contributed by atoms with Gasteiger partial charge in [-0.1, -0.05) is 42.5 Å². The molecule has 6 nitrogen and oxygen atoms in total. The zero-order chi connectivity index (χ0) is 21.3. The number of phenolic OH excluding ortho intramolecular Hbond substituents is 1. The molecular formula is C24H19NO5. The van der Waals surface area contributed by atoms with Gasteiger partial charge in [0.25, 0.3) is 11.7 Å². The second kappa shape index (κ2) is 7.75. The first-order valence-corrected chi connectivity index (χ1v) is 9.30. The van der Waals surface area contributed by atoms with E-state index in [0.717, 1.165) is 0 Å². The van der Waals surface area contributed by atoms with Crippen molar-refractivity contribution in [1.82, 2.24) is 0 Å². The van der Waals surface area contributed by atoms with Crippen molar-refractivity contribution in [3.63, 3.8) is 0 Å². The van der Waals surface area contributed by atoms with Crippen LogP contribution in [0.5, 0.6) is 11.5 Å². The third kappa shape index (κ3) is 3.28. The molecule has 0 spiro atoms. The number of carbonyl (C=O) groups is 2. The number of anilines is 1. The van der Waals surface area contributed by atoms with Crippen LogP contribution in [-0.4, -0.2) is 29.0 Å². The number of benzene rings is 3. The highest BCUT2D eigenvalue weighted by molar-refractivity contribution is 6.51. The fraction of sp³-hybridized carbons (Fsp3) is 0.0833. The maximum absolute atomic E-state index is 13.0. The van der Waals surface area contributed by atoms with Crippen LogP contribution in [0.15, 0.2) is 84.4 Å². The monoisotopic (exact) mass is 401 g/mol. The van der Waals surface area contributed by atoms with E-state index in [2.05, 4.69) is 0 Å². The summed E-state index contributed by atoms with van der Waals surface area (Å²) in [4.78, 5) is 27.3. The van der Waals surface area contributed by atoms with Crippen molar-refractivity contribution in [3.8, 4) is 11.5 Å². The molecule has 0 aromatic heterocycles. The van der Waals surface area contributed by atoms with Gasteiger partial charge in [0.15, 0.2) is 0 Å². The average Bonchev–Trinajstić information content (AvgIpc) is 3.05. The van der Waals surface area contributed by atoms with E-state index >= 15 is 0 Å². The molecule has 150 valence electrons. The van der Waals surface area contributed by atoms with Gasteiger partial charge in [-0.25, -0.2) is 0 Å². The molecule has 1 amide bonds. The van der Waals surface area contributed by atoms with Crippen LogP contribution in [0.25, 0.3) is 5.76 Å². The minimum atomic E-state index is -0.833. The van der Waals surface area contributed by atoms with Crippen LogP contribution < -0.4 is 9.64 Å². The zero-order valence-electron chi connectivity index (χ0n) is 16.1. The summed E-state index contributed by atoms with van der Waals surface area (Å²) in [7, 11) is 1.55. The summed E-state index contributed by atoms with van der Waals surface area (Å²) in [6.07, 6.45) is 0. The van der Waals surface area contributed by atoms with Gasteiger partial charge in [-0.3, -0.25) is 14.5 Å². The molecule has 1 saturated heterocycles. The predicted octanol–water partition coefficient (Wildman–Crippen LogP) is 4.03. The lowest BCUT2D eigenvalue weighted by atomic mass is 9.95. The van der Waals surface area contributed by atoms with E-state index in [4.69, 9.17) is 4.74 Å². The number of ketones is 1. The SMILES string of the molecule is COc1ccc([C@@H]2/C(=C(\O)c3ccccc3)C(=O)C(=O)N2c2ccc(O)cc2)cc1. The molecule has 1 atom stereocenters. The van der Waals surface area contributed by atoms with Crippen molar-refractivity contribution in [2.24, 2.45) is 0 Å². The molecule has 1 aliphatic rings. The molecule has 0 aliphatic carbocycles. The Morgan fingerprint density at radius 2 is 1.53 bits per heavy atom. The van der Waals surface area contributed by atoms with Crippen molar-refractivity contribution >= 4 is 23.1 Å². The number of ether oxygens (including phenoxy) is 1. The third-order valence-electron chi connectivity index (χ3n) is 5.05. The maximum atomic E-state index is 13.0. The van der Waals surface area contributed by atoms with Crippen LogP contribution >= 0.6 is 0 Å². The number of Topliss-reactive ketones (excluding diaryl/α,β-unsaturated/α-hetero) is 1. The van der Waals surface area contributed by atoms with Crippen molar-refractivity contribution in [2.75, 3.05) is 12.0 Å². The minimum absolute atomic E-state index is 0.00411. The first-order chi connectivity index (χ1) is 14.5. The molecule has 0 bridgehead atoms. The van der Waals surface area contributed by atoms with Crippen molar-refractivity contribution in [2.45, 2.75) is 6.04 Å². The number of aliphatic hydroxyl groups excluding tert-OH is 1. The summed E-state index contributed by atoms with van der Waals surface area (Å²) in [5, 5.41) is 20.6. The molecule has 1 aliphatic heterocycles. The molecule has 3 aromatic carbocycles. The summed E-state index contributed by atoms with van der Waals surface area (Å²) in [6.45, 7) is 0. The highest BCUT2D eigenvalue weighted by atomic mass is 16.5. The fourth-order valence-corrected chi connectivity index (χ4v) is 3.57. The standard InChI is InChI=1S/C24H19NO5/c1-30-19-13-7-15(8-14-19)21-20(22(27)16-5-3-2-4-6-16)23(28)24(29)25(21)17-9-11-18(26)12-10-17/h2-14,21,26-27H,1H3/b22-20+/t21-/m1/s1. The Hall–Kier alpha value is -4.06. The molecule has 0 unspecified atom stereocenters. The van der Waals surface area contributed by atoms with Crippen LogP contribution in [0.4, 0.5) is 5.69 Å². The number of aromatic hydroxyl groups is 1.